The zero-order valence-corrected chi connectivity index (χ0v) is 16.7. The molecule has 2 aromatic rings. The van der Waals surface area contributed by atoms with Gasteiger partial charge in [0.05, 0.1) is 6.26 Å². The fourth-order valence-electron chi connectivity index (χ4n) is 2.98. The van der Waals surface area contributed by atoms with E-state index in [0.29, 0.717) is 22.8 Å². The number of benzene rings is 1. The lowest BCUT2D eigenvalue weighted by molar-refractivity contribution is -0.152. The SMILES string of the molecule is CC(=O)Nc1ccc(C(=O)COC(=O)[C@@H]2CS[C@@H](c3ccco3)N2C(C)=O)cc1. The summed E-state index contributed by atoms with van der Waals surface area (Å²) >= 11 is 1.40. The number of nitrogens with one attached hydrogen (secondary N) is 1. The first-order valence-electron chi connectivity index (χ1n) is 8.88. The molecule has 0 spiro atoms. The summed E-state index contributed by atoms with van der Waals surface area (Å²) in [7, 11) is 0. The van der Waals surface area contributed by atoms with Crippen molar-refractivity contribution in [1.29, 1.82) is 0 Å². The Morgan fingerprint density at radius 1 is 1.17 bits per heavy atom. The molecule has 1 fully saturated rings. The van der Waals surface area contributed by atoms with Gasteiger partial charge in [0.15, 0.2) is 12.4 Å². The number of hydrogen-bond donors (Lipinski definition) is 1. The second-order valence-corrected chi connectivity index (χ2v) is 7.55. The highest BCUT2D eigenvalue weighted by atomic mass is 32.2. The summed E-state index contributed by atoms with van der Waals surface area (Å²) in [6, 6.07) is 8.95. The smallest absolute Gasteiger partial charge is 0.330 e. The van der Waals surface area contributed by atoms with Crippen LogP contribution in [-0.4, -0.2) is 46.9 Å². The van der Waals surface area contributed by atoms with Crippen molar-refractivity contribution in [2.75, 3.05) is 17.7 Å². The fourth-order valence-corrected chi connectivity index (χ4v) is 4.40. The monoisotopic (exact) mass is 416 g/mol. The molecule has 1 aliphatic heterocycles. The van der Waals surface area contributed by atoms with E-state index in [2.05, 4.69) is 5.32 Å². The molecule has 9 heteroatoms. The maximum Gasteiger partial charge on any atom is 0.330 e. The van der Waals surface area contributed by atoms with Crippen LogP contribution in [0.5, 0.6) is 0 Å². The summed E-state index contributed by atoms with van der Waals surface area (Å²) in [6.45, 7) is 2.33. The van der Waals surface area contributed by atoms with Crippen molar-refractivity contribution in [2.24, 2.45) is 0 Å². The van der Waals surface area contributed by atoms with E-state index in [0.717, 1.165) is 0 Å². The Bertz CT molecular complexity index is 910. The van der Waals surface area contributed by atoms with Crippen LogP contribution in [0.25, 0.3) is 0 Å². The van der Waals surface area contributed by atoms with E-state index in [9.17, 15) is 19.2 Å². The van der Waals surface area contributed by atoms with Crippen molar-refractivity contribution in [3.63, 3.8) is 0 Å². The molecule has 1 aromatic heterocycles. The third-order valence-corrected chi connectivity index (χ3v) is 5.58. The molecular weight excluding hydrogens is 396 g/mol. The number of ketones is 1. The number of furan rings is 1. The number of thioether (sulfide) groups is 1. The van der Waals surface area contributed by atoms with Crippen LogP contribution in [-0.2, 0) is 19.1 Å². The van der Waals surface area contributed by atoms with Crippen LogP contribution < -0.4 is 5.32 Å². The predicted molar refractivity (Wildman–Crippen MR) is 106 cm³/mol. The summed E-state index contributed by atoms with van der Waals surface area (Å²) in [5.74, 6) is -0.576. The zero-order valence-electron chi connectivity index (χ0n) is 15.9. The lowest BCUT2D eigenvalue weighted by Crippen LogP contribution is -2.43. The topological polar surface area (TPSA) is 106 Å². The van der Waals surface area contributed by atoms with E-state index in [-0.39, 0.29) is 17.6 Å². The van der Waals surface area contributed by atoms with Gasteiger partial charge in [-0.1, -0.05) is 0 Å². The van der Waals surface area contributed by atoms with Gasteiger partial charge in [-0.25, -0.2) is 4.79 Å². The van der Waals surface area contributed by atoms with E-state index >= 15 is 0 Å². The molecule has 2 heterocycles. The number of carbonyl (C=O) groups excluding carboxylic acids is 4. The minimum absolute atomic E-state index is 0.213. The molecule has 0 radical (unpaired) electrons. The molecule has 0 saturated carbocycles. The van der Waals surface area contributed by atoms with Crippen LogP contribution in [0.4, 0.5) is 5.69 Å². The highest BCUT2D eigenvalue weighted by Gasteiger charge is 2.43. The maximum absolute atomic E-state index is 12.5. The number of amides is 2. The number of Topliss-reactive ketones (excluding diaryl/α,β-unsaturated/α-hetero) is 1. The maximum atomic E-state index is 12.5. The highest BCUT2D eigenvalue weighted by molar-refractivity contribution is 7.99. The Labute approximate surface area is 171 Å². The quantitative estimate of drug-likeness (QED) is 0.570. The van der Waals surface area contributed by atoms with Gasteiger partial charge in [-0.2, -0.15) is 0 Å². The van der Waals surface area contributed by atoms with Crippen molar-refractivity contribution in [3.8, 4) is 0 Å². The summed E-state index contributed by atoms with van der Waals surface area (Å²) in [4.78, 5) is 49.4. The van der Waals surface area contributed by atoms with Gasteiger partial charge in [0.1, 0.15) is 17.2 Å². The molecule has 8 nitrogen and oxygen atoms in total. The number of ether oxygens (including phenoxy) is 1. The zero-order chi connectivity index (χ0) is 21.0. The number of anilines is 1. The number of hydrogen-bond acceptors (Lipinski definition) is 7. The van der Waals surface area contributed by atoms with Gasteiger partial charge >= 0.3 is 5.97 Å². The van der Waals surface area contributed by atoms with E-state index in [4.69, 9.17) is 9.15 Å². The molecule has 0 unspecified atom stereocenters. The summed E-state index contributed by atoms with van der Waals surface area (Å²) < 4.78 is 10.6. The van der Waals surface area contributed by atoms with Gasteiger partial charge in [-0.3, -0.25) is 14.4 Å². The minimum atomic E-state index is -0.789. The summed E-state index contributed by atoms with van der Waals surface area (Å²) in [5.41, 5.74) is 0.916. The number of carbonyl (C=O) groups is 4. The van der Waals surface area contributed by atoms with Crippen molar-refractivity contribution in [3.05, 3.63) is 54.0 Å². The van der Waals surface area contributed by atoms with Gasteiger partial charge in [-0.05, 0) is 36.4 Å². The molecule has 1 aliphatic rings. The molecular formula is C20H20N2O6S. The molecule has 1 N–H and O–H groups in total. The number of nitrogens with zero attached hydrogens (tertiary/aromatic N) is 1. The molecule has 2 amide bonds. The van der Waals surface area contributed by atoms with E-state index in [1.807, 2.05) is 0 Å². The lowest BCUT2D eigenvalue weighted by atomic mass is 10.1. The Hall–Kier alpha value is -3.07. The van der Waals surface area contributed by atoms with Crippen molar-refractivity contribution in [2.45, 2.75) is 25.3 Å². The second-order valence-electron chi connectivity index (χ2n) is 6.43. The van der Waals surface area contributed by atoms with Crippen LogP contribution in [0.3, 0.4) is 0 Å². The van der Waals surface area contributed by atoms with Crippen molar-refractivity contribution in [1.82, 2.24) is 4.90 Å². The first-order valence-corrected chi connectivity index (χ1v) is 9.93. The number of rotatable bonds is 6. The lowest BCUT2D eigenvalue weighted by Gasteiger charge is -2.25. The van der Waals surface area contributed by atoms with Gasteiger partial charge in [0.25, 0.3) is 0 Å². The Morgan fingerprint density at radius 3 is 2.48 bits per heavy atom. The molecule has 3 rings (SSSR count). The molecule has 0 aliphatic carbocycles. The van der Waals surface area contributed by atoms with Crippen molar-refractivity contribution >= 4 is 41.0 Å². The van der Waals surface area contributed by atoms with Crippen LogP contribution in [0.1, 0.15) is 35.3 Å². The molecule has 29 heavy (non-hydrogen) atoms. The molecule has 1 saturated heterocycles. The van der Waals surface area contributed by atoms with Crippen LogP contribution in [0.2, 0.25) is 0 Å². The molecule has 1 aromatic carbocycles. The van der Waals surface area contributed by atoms with Gasteiger partial charge < -0.3 is 19.4 Å². The van der Waals surface area contributed by atoms with E-state index in [1.54, 1.807) is 36.4 Å². The largest absolute Gasteiger partial charge is 0.466 e. The van der Waals surface area contributed by atoms with Gasteiger partial charge in [-0.15, -0.1) is 11.8 Å². The predicted octanol–water partition coefficient (Wildman–Crippen LogP) is 2.63. The third kappa shape index (κ3) is 4.86. The third-order valence-electron chi connectivity index (χ3n) is 4.30. The Balaban J connectivity index is 1.60. The second kappa shape index (κ2) is 8.95. The van der Waals surface area contributed by atoms with Crippen LogP contribution >= 0.6 is 11.8 Å². The molecule has 2 atom stereocenters. The Kier molecular flexibility index (Phi) is 6.38. The standard InChI is InChI=1S/C20H20N2O6S/c1-12(23)21-15-7-5-14(6-8-15)17(25)10-28-20(26)16-11-29-19(22(16)13(2)24)18-4-3-9-27-18/h3-9,16,19H,10-11H2,1-2H3,(H,21,23)/t16-,19-/m0/s1. The van der Waals surface area contributed by atoms with Gasteiger partial charge in [0, 0.05) is 30.9 Å². The summed E-state index contributed by atoms with van der Waals surface area (Å²) in [5, 5.41) is 2.20. The average molecular weight is 416 g/mol. The highest BCUT2D eigenvalue weighted by Crippen LogP contribution is 2.41. The first kappa shape index (κ1) is 20.7. The fraction of sp³-hybridized carbons (Fsp3) is 0.300. The van der Waals surface area contributed by atoms with Crippen LogP contribution in [0.15, 0.2) is 47.1 Å². The Morgan fingerprint density at radius 2 is 1.90 bits per heavy atom. The van der Waals surface area contributed by atoms with E-state index in [1.165, 1.54) is 36.8 Å². The first-order chi connectivity index (χ1) is 13.9. The minimum Gasteiger partial charge on any atom is -0.466 e. The number of esters is 1. The van der Waals surface area contributed by atoms with Gasteiger partial charge in [0.2, 0.25) is 11.8 Å². The molecule has 152 valence electrons. The molecule has 0 bridgehead atoms. The van der Waals surface area contributed by atoms with Crippen LogP contribution in [0, 0.1) is 0 Å². The average Bonchev–Trinajstić information content (AvgIpc) is 3.35. The normalized spacial score (nSPS) is 18.3. The summed E-state index contributed by atoms with van der Waals surface area (Å²) in [6.07, 6.45) is 1.51. The van der Waals surface area contributed by atoms with E-state index < -0.39 is 24.0 Å². The van der Waals surface area contributed by atoms with Crippen molar-refractivity contribution < 1.29 is 28.3 Å².